The largest absolute Gasteiger partial charge is 0.394 e. The lowest BCUT2D eigenvalue weighted by atomic mass is 10.4. The highest BCUT2D eigenvalue weighted by Crippen LogP contribution is 1.93. The molecule has 0 radical (unpaired) electrons. The van der Waals surface area contributed by atoms with Gasteiger partial charge in [0.1, 0.15) is 6.07 Å². The fraction of sp³-hybridized carbons (Fsp3) is 0.333. The van der Waals surface area contributed by atoms with Crippen molar-refractivity contribution in [3.05, 3.63) is 18.0 Å². The molecule has 1 aromatic rings. The first-order valence-electron chi connectivity index (χ1n) is 2.90. The van der Waals surface area contributed by atoms with Gasteiger partial charge in [-0.1, -0.05) is 0 Å². The second-order valence-corrected chi connectivity index (χ2v) is 1.83. The van der Waals surface area contributed by atoms with Gasteiger partial charge in [0.2, 0.25) is 0 Å². The van der Waals surface area contributed by atoms with Gasteiger partial charge in [0.15, 0.2) is 0 Å². The molecule has 0 amide bonds. The van der Waals surface area contributed by atoms with Crippen LogP contribution in [0.5, 0.6) is 0 Å². The minimum Gasteiger partial charge on any atom is -0.394 e. The SMILES string of the molecule is N#Cc1cnn(CCO)c1. The summed E-state index contributed by atoms with van der Waals surface area (Å²) in [7, 11) is 0. The summed E-state index contributed by atoms with van der Waals surface area (Å²) in [6.07, 6.45) is 3.06. The number of hydrogen-bond acceptors (Lipinski definition) is 3. The summed E-state index contributed by atoms with van der Waals surface area (Å²) in [4.78, 5) is 0. The van der Waals surface area contributed by atoms with E-state index in [2.05, 4.69) is 5.10 Å². The van der Waals surface area contributed by atoms with Crippen molar-refractivity contribution < 1.29 is 5.11 Å². The molecule has 1 N–H and O–H groups in total. The van der Waals surface area contributed by atoms with Crippen molar-refractivity contribution in [2.24, 2.45) is 0 Å². The zero-order valence-corrected chi connectivity index (χ0v) is 5.36. The molecular weight excluding hydrogens is 130 g/mol. The summed E-state index contributed by atoms with van der Waals surface area (Å²) in [5, 5.41) is 20.6. The minimum absolute atomic E-state index is 0.0482. The first-order chi connectivity index (χ1) is 4.86. The van der Waals surface area contributed by atoms with E-state index in [-0.39, 0.29) is 6.61 Å². The highest BCUT2D eigenvalue weighted by Gasteiger charge is 1.93. The number of nitriles is 1. The maximum Gasteiger partial charge on any atom is 0.102 e. The van der Waals surface area contributed by atoms with Crippen molar-refractivity contribution in [3.63, 3.8) is 0 Å². The van der Waals surface area contributed by atoms with E-state index in [1.165, 1.54) is 10.9 Å². The molecule has 0 unspecified atom stereocenters. The smallest absolute Gasteiger partial charge is 0.102 e. The Kier molecular flexibility index (Phi) is 2.03. The van der Waals surface area contributed by atoms with E-state index >= 15 is 0 Å². The van der Waals surface area contributed by atoms with Crippen LogP contribution >= 0.6 is 0 Å². The van der Waals surface area contributed by atoms with Gasteiger partial charge in [0.05, 0.1) is 24.9 Å². The van der Waals surface area contributed by atoms with Gasteiger partial charge < -0.3 is 5.11 Å². The molecule has 0 aromatic carbocycles. The Hall–Kier alpha value is -1.34. The summed E-state index contributed by atoms with van der Waals surface area (Å²) in [6.45, 7) is 0.494. The molecule has 0 saturated heterocycles. The molecular formula is C6H7N3O. The third-order valence-electron chi connectivity index (χ3n) is 1.09. The standard InChI is InChI=1S/C6H7N3O/c7-3-6-4-8-9(5-6)1-2-10/h4-5,10H,1-2H2. The molecule has 0 spiro atoms. The van der Waals surface area contributed by atoms with Gasteiger partial charge >= 0.3 is 0 Å². The van der Waals surface area contributed by atoms with Crippen LogP contribution in [-0.4, -0.2) is 21.5 Å². The molecule has 0 saturated carbocycles. The summed E-state index contributed by atoms with van der Waals surface area (Å²) in [5.41, 5.74) is 0.522. The van der Waals surface area contributed by atoms with Crippen LogP contribution in [-0.2, 0) is 6.54 Å². The van der Waals surface area contributed by atoms with Crippen LogP contribution in [0.25, 0.3) is 0 Å². The zero-order chi connectivity index (χ0) is 7.40. The van der Waals surface area contributed by atoms with Crippen molar-refractivity contribution in [1.29, 1.82) is 5.26 Å². The van der Waals surface area contributed by atoms with Crippen molar-refractivity contribution >= 4 is 0 Å². The molecule has 0 fully saturated rings. The number of rotatable bonds is 2. The first-order valence-corrected chi connectivity index (χ1v) is 2.90. The van der Waals surface area contributed by atoms with Crippen LogP contribution in [0.4, 0.5) is 0 Å². The molecule has 1 rings (SSSR count). The molecule has 0 aliphatic heterocycles. The monoisotopic (exact) mass is 137 g/mol. The van der Waals surface area contributed by atoms with Gasteiger partial charge in [-0.05, 0) is 0 Å². The predicted octanol–water partition coefficient (Wildman–Crippen LogP) is -0.253. The van der Waals surface area contributed by atoms with Crippen LogP contribution in [0.1, 0.15) is 5.56 Å². The Labute approximate surface area is 58.3 Å². The third kappa shape index (κ3) is 1.33. The number of hydrogen-bond donors (Lipinski definition) is 1. The van der Waals surface area contributed by atoms with Crippen LogP contribution in [0.2, 0.25) is 0 Å². The highest BCUT2D eigenvalue weighted by molar-refractivity contribution is 5.21. The molecule has 0 bridgehead atoms. The van der Waals surface area contributed by atoms with Crippen molar-refractivity contribution in [3.8, 4) is 6.07 Å². The third-order valence-corrected chi connectivity index (χ3v) is 1.09. The maximum absolute atomic E-state index is 8.46. The topological polar surface area (TPSA) is 61.8 Å². The Bertz CT molecular complexity index is 248. The summed E-state index contributed by atoms with van der Waals surface area (Å²) in [6, 6.07) is 1.94. The van der Waals surface area contributed by atoms with E-state index in [0.29, 0.717) is 12.1 Å². The second-order valence-electron chi connectivity index (χ2n) is 1.83. The first kappa shape index (κ1) is 6.78. The van der Waals surface area contributed by atoms with E-state index in [9.17, 15) is 0 Å². The van der Waals surface area contributed by atoms with E-state index in [0.717, 1.165) is 0 Å². The van der Waals surface area contributed by atoms with Crippen molar-refractivity contribution in [2.75, 3.05) is 6.61 Å². The van der Waals surface area contributed by atoms with Gasteiger partial charge in [-0.25, -0.2) is 0 Å². The summed E-state index contributed by atoms with van der Waals surface area (Å²) in [5.74, 6) is 0. The fourth-order valence-electron chi connectivity index (χ4n) is 0.646. The van der Waals surface area contributed by atoms with Gasteiger partial charge in [-0.2, -0.15) is 10.4 Å². The van der Waals surface area contributed by atoms with E-state index in [4.69, 9.17) is 10.4 Å². The molecule has 1 aromatic heterocycles. The normalized spacial score (nSPS) is 9.20. The lowest BCUT2D eigenvalue weighted by molar-refractivity contribution is 0.269. The minimum atomic E-state index is 0.0482. The lowest BCUT2D eigenvalue weighted by Gasteiger charge is -1.92. The quantitative estimate of drug-likeness (QED) is 0.611. The fourth-order valence-corrected chi connectivity index (χ4v) is 0.646. The van der Waals surface area contributed by atoms with Crippen LogP contribution < -0.4 is 0 Å². The zero-order valence-electron chi connectivity index (χ0n) is 5.36. The van der Waals surface area contributed by atoms with Gasteiger partial charge in [0.25, 0.3) is 0 Å². The van der Waals surface area contributed by atoms with Crippen LogP contribution in [0.15, 0.2) is 12.4 Å². The number of nitrogens with zero attached hydrogens (tertiary/aromatic N) is 3. The van der Waals surface area contributed by atoms with Crippen LogP contribution in [0, 0.1) is 11.3 Å². The molecule has 0 aliphatic carbocycles. The van der Waals surface area contributed by atoms with E-state index in [1.54, 1.807) is 6.20 Å². The van der Waals surface area contributed by atoms with E-state index < -0.39 is 0 Å². The van der Waals surface area contributed by atoms with Crippen molar-refractivity contribution in [2.45, 2.75) is 6.54 Å². The van der Waals surface area contributed by atoms with Gasteiger partial charge in [-0.15, -0.1) is 0 Å². The molecule has 10 heavy (non-hydrogen) atoms. The Morgan fingerprint density at radius 2 is 2.60 bits per heavy atom. The molecule has 4 nitrogen and oxygen atoms in total. The molecule has 0 atom stereocenters. The highest BCUT2D eigenvalue weighted by atomic mass is 16.3. The maximum atomic E-state index is 8.46. The second kappa shape index (κ2) is 2.99. The lowest BCUT2D eigenvalue weighted by Crippen LogP contribution is -2.01. The number of aliphatic hydroxyl groups excluding tert-OH is 1. The van der Waals surface area contributed by atoms with Crippen LogP contribution in [0.3, 0.4) is 0 Å². The van der Waals surface area contributed by atoms with Crippen molar-refractivity contribution in [1.82, 2.24) is 9.78 Å². The van der Waals surface area contributed by atoms with E-state index in [1.807, 2.05) is 6.07 Å². The van der Waals surface area contributed by atoms with Gasteiger partial charge in [-0.3, -0.25) is 4.68 Å². The Morgan fingerprint density at radius 1 is 1.80 bits per heavy atom. The number of aromatic nitrogens is 2. The summed E-state index contributed by atoms with van der Waals surface area (Å²) < 4.78 is 1.53. The molecule has 4 heteroatoms. The average molecular weight is 137 g/mol. The average Bonchev–Trinajstić information content (AvgIpc) is 2.37. The Morgan fingerprint density at radius 3 is 3.10 bits per heavy atom. The molecule has 0 aliphatic rings. The summed E-state index contributed by atoms with van der Waals surface area (Å²) >= 11 is 0. The predicted molar refractivity (Wildman–Crippen MR) is 34.0 cm³/mol. The molecule has 52 valence electrons. The van der Waals surface area contributed by atoms with Gasteiger partial charge in [0, 0.05) is 6.20 Å². The Balaban J connectivity index is 2.71. The molecule has 1 heterocycles. The number of aliphatic hydroxyl groups is 1.